The van der Waals surface area contributed by atoms with Gasteiger partial charge >= 0.3 is 0 Å². The molecule has 0 fully saturated rings. The Morgan fingerprint density at radius 1 is 1.78 bits per heavy atom. The van der Waals surface area contributed by atoms with Crippen LogP contribution in [-0.4, -0.2) is 5.16 Å². The summed E-state index contributed by atoms with van der Waals surface area (Å²) in [6, 6.07) is 1.91. The second-order valence-corrected chi connectivity index (χ2v) is 2.22. The molecule has 0 amide bonds. The van der Waals surface area contributed by atoms with Crippen LogP contribution in [0.4, 0.5) is 0 Å². The Bertz CT molecular complexity index is 157. The van der Waals surface area contributed by atoms with Crippen LogP contribution in [0.5, 0.6) is 0 Å². The minimum absolute atomic E-state index is 0.507. The van der Waals surface area contributed by atoms with E-state index in [0.717, 1.165) is 12.2 Å². The summed E-state index contributed by atoms with van der Waals surface area (Å²) in [5.74, 6) is 1.49. The van der Waals surface area contributed by atoms with Crippen molar-refractivity contribution < 1.29 is 4.52 Å². The molecule has 0 aromatic carbocycles. The normalized spacial score (nSPS) is 13.6. The van der Waals surface area contributed by atoms with Gasteiger partial charge in [0.25, 0.3) is 0 Å². The molecular formula is C7H11NO. The molecule has 1 aromatic heterocycles. The van der Waals surface area contributed by atoms with Gasteiger partial charge in [0.05, 0.1) is 6.20 Å². The zero-order valence-electron chi connectivity index (χ0n) is 5.79. The summed E-state index contributed by atoms with van der Waals surface area (Å²) in [4.78, 5) is 0. The van der Waals surface area contributed by atoms with Crippen LogP contribution in [0.3, 0.4) is 0 Å². The molecule has 0 spiro atoms. The first-order chi connectivity index (χ1) is 4.34. The Balaban J connectivity index is 2.65. The molecule has 0 aliphatic carbocycles. The molecule has 0 radical (unpaired) electrons. The third kappa shape index (κ3) is 1.31. The Morgan fingerprint density at radius 2 is 2.56 bits per heavy atom. The summed E-state index contributed by atoms with van der Waals surface area (Å²) >= 11 is 0. The summed E-state index contributed by atoms with van der Waals surface area (Å²) < 4.78 is 4.94. The second kappa shape index (κ2) is 2.67. The molecule has 0 aliphatic rings. The van der Waals surface area contributed by atoms with E-state index in [9.17, 15) is 0 Å². The van der Waals surface area contributed by atoms with Gasteiger partial charge in [-0.3, -0.25) is 0 Å². The monoisotopic (exact) mass is 125 g/mol. The van der Waals surface area contributed by atoms with Gasteiger partial charge in [-0.25, -0.2) is 0 Å². The van der Waals surface area contributed by atoms with Crippen LogP contribution < -0.4 is 0 Å². The van der Waals surface area contributed by atoms with Crippen LogP contribution in [0.1, 0.15) is 31.9 Å². The van der Waals surface area contributed by atoms with E-state index in [1.165, 1.54) is 0 Å². The Kier molecular flexibility index (Phi) is 1.88. The Morgan fingerprint density at radius 3 is 3.00 bits per heavy atom. The van der Waals surface area contributed by atoms with Gasteiger partial charge in [0.15, 0.2) is 0 Å². The zero-order valence-corrected chi connectivity index (χ0v) is 5.79. The molecule has 9 heavy (non-hydrogen) atoms. The van der Waals surface area contributed by atoms with Gasteiger partial charge < -0.3 is 4.52 Å². The molecule has 0 aliphatic heterocycles. The number of hydrogen-bond acceptors (Lipinski definition) is 2. The van der Waals surface area contributed by atoms with E-state index in [4.69, 9.17) is 4.52 Å². The van der Waals surface area contributed by atoms with E-state index < -0.39 is 0 Å². The number of nitrogens with zero attached hydrogens (tertiary/aromatic N) is 1. The first kappa shape index (κ1) is 6.33. The molecule has 1 rings (SSSR count). The fourth-order valence-electron chi connectivity index (χ4n) is 0.681. The molecule has 0 bridgehead atoms. The molecule has 1 aromatic rings. The van der Waals surface area contributed by atoms with Crippen molar-refractivity contribution in [2.45, 2.75) is 26.2 Å². The van der Waals surface area contributed by atoms with Crippen molar-refractivity contribution in [2.24, 2.45) is 0 Å². The maximum atomic E-state index is 4.94. The predicted octanol–water partition coefficient (Wildman–Crippen LogP) is 2.19. The molecule has 2 nitrogen and oxygen atoms in total. The van der Waals surface area contributed by atoms with Gasteiger partial charge in [-0.1, -0.05) is 19.0 Å². The summed E-state index contributed by atoms with van der Waals surface area (Å²) in [7, 11) is 0. The first-order valence-corrected chi connectivity index (χ1v) is 3.25. The van der Waals surface area contributed by atoms with Crippen molar-refractivity contribution in [3.8, 4) is 0 Å². The highest BCUT2D eigenvalue weighted by molar-refractivity contribution is 4.98. The average Bonchev–Trinajstić information content (AvgIpc) is 2.37. The van der Waals surface area contributed by atoms with Crippen molar-refractivity contribution in [3.05, 3.63) is 18.0 Å². The van der Waals surface area contributed by atoms with Gasteiger partial charge in [-0.15, -0.1) is 0 Å². The molecule has 2 heteroatoms. The largest absolute Gasteiger partial charge is 0.361 e. The molecule has 0 unspecified atom stereocenters. The van der Waals surface area contributed by atoms with Gasteiger partial charge in [0.1, 0.15) is 5.76 Å². The van der Waals surface area contributed by atoms with Crippen molar-refractivity contribution in [3.63, 3.8) is 0 Å². The molecular weight excluding hydrogens is 114 g/mol. The smallest absolute Gasteiger partial charge is 0.139 e. The summed E-state index contributed by atoms with van der Waals surface area (Å²) in [6.45, 7) is 4.26. The number of rotatable bonds is 2. The molecule has 50 valence electrons. The number of hydrogen-bond donors (Lipinski definition) is 0. The van der Waals surface area contributed by atoms with Crippen molar-refractivity contribution in [1.29, 1.82) is 0 Å². The van der Waals surface area contributed by atoms with E-state index in [1.807, 2.05) is 6.07 Å². The van der Waals surface area contributed by atoms with Crippen LogP contribution >= 0.6 is 0 Å². The van der Waals surface area contributed by atoms with E-state index in [0.29, 0.717) is 5.92 Å². The zero-order chi connectivity index (χ0) is 6.69. The highest BCUT2D eigenvalue weighted by atomic mass is 16.5. The van der Waals surface area contributed by atoms with Crippen molar-refractivity contribution >= 4 is 0 Å². The lowest BCUT2D eigenvalue weighted by atomic mass is 10.1. The molecule has 1 atom stereocenters. The molecule has 0 N–H and O–H groups in total. The lowest BCUT2D eigenvalue weighted by Crippen LogP contribution is -1.86. The van der Waals surface area contributed by atoms with Gasteiger partial charge in [-0.2, -0.15) is 0 Å². The van der Waals surface area contributed by atoms with Crippen molar-refractivity contribution in [2.75, 3.05) is 0 Å². The Labute approximate surface area is 54.9 Å². The summed E-state index contributed by atoms with van der Waals surface area (Å²) in [5, 5.41) is 3.62. The summed E-state index contributed by atoms with van der Waals surface area (Å²) in [6.07, 6.45) is 2.79. The van der Waals surface area contributed by atoms with Gasteiger partial charge in [0, 0.05) is 12.0 Å². The predicted molar refractivity (Wildman–Crippen MR) is 35.2 cm³/mol. The SMILES string of the molecule is CC[C@@H](C)c1ccno1. The third-order valence-corrected chi connectivity index (χ3v) is 1.56. The maximum Gasteiger partial charge on any atom is 0.139 e. The van der Waals surface area contributed by atoms with Crippen molar-refractivity contribution in [1.82, 2.24) is 5.16 Å². The topological polar surface area (TPSA) is 26.0 Å². The van der Waals surface area contributed by atoms with Crippen LogP contribution in [-0.2, 0) is 0 Å². The maximum absolute atomic E-state index is 4.94. The second-order valence-electron chi connectivity index (χ2n) is 2.22. The Hall–Kier alpha value is -0.790. The fraction of sp³-hybridized carbons (Fsp3) is 0.571. The van der Waals surface area contributed by atoms with Gasteiger partial charge in [0.2, 0.25) is 0 Å². The lowest BCUT2D eigenvalue weighted by Gasteiger charge is -1.99. The lowest BCUT2D eigenvalue weighted by molar-refractivity contribution is 0.363. The van der Waals surface area contributed by atoms with Crippen LogP contribution in [0.15, 0.2) is 16.8 Å². The van der Waals surface area contributed by atoms with Gasteiger partial charge in [-0.05, 0) is 6.42 Å². The van der Waals surface area contributed by atoms with E-state index >= 15 is 0 Å². The quantitative estimate of drug-likeness (QED) is 0.605. The van der Waals surface area contributed by atoms with E-state index in [1.54, 1.807) is 6.20 Å². The molecule has 0 saturated carbocycles. The highest BCUT2D eigenvalue weighted by Gasteiger charge is 2.04. The first-order valence-electron chi connectivity index (χ1n) is 3.25. The minimum Gasteiger partial charge on any atom is -0.361 e. The summed E-state index contributed by atoms with van der Waals surface area (Å²) in [5.41, 5.74) is 0. The fourth-order valence-corrected chi connectivity index (χ4v) is 0.681. The molecule has 1 heterocycles. The highest BCUT2D eigenvalue weighted by Crippen LogP contribution is 2.16. The van der Waals surface area contributed by atoms with Crippen LogP contribution in [0.2, 0.25) is 0 Å². The standard InChI is InChI=1S/C7H11NO/c1-3-6(2)7-4-5-8-9-7/h4-6H,3H2,1-2H3/t6-/m1/s1. The third-order valence-electron chi connectivity index (χ3n) is 1.56. The average molecular weight is 125 g/mol. The minimum atomic E-state index is 0.507. The number of aromatic nitrogens is 1. The van der Waals surface area contributed by atoms with Crippen LogP contribution in [0.25, 0.3) is 0 Å². The van der Waals surface area contributed by atoms with E-state index in [2.05, 4.69) is 19.0 Å². The van der Waals surface area contributed by atoms with E-state index in [-0.39, 0.29) is 0 Å². The van der Waals surface area contributed by atoms with Crippen LogP contribution in [0, 0.1) is 0 Å². The molecule has 0 saturated heterocycles.